The molecule has 1 aliphatic heterocycles. The van der Waals surface area contributed by atoms with Crippen LogP contribution in [0.4, 0.5) is 11.4 Å². The number of ether oxygens (including phenoxy) is 1. The molecule has 2 aromatic carbocycles. The highest BCUT2D eigenvalue weighted by Gasteiger charge is 2.75. The van der Waals surface area contributed by atoms with Crippen molar-refractivity contribution >= 4 is 27.3 Å². The monoisotopic (exact) mass is 400 g/mol. The van der Waals surface area contributed by atoms with Crippen LogP contribution in [0.2, 0.25) is 0 Å². The molecular weight excluding hydrogens is 376 g/mol. The van der Waals surface area contributed by atoms with E-state index in [1.807, 2.05) is 39.0 Å². The van der Waals surface area contributed by atoms with Crippen LogP contribution in [0.15, 0.2) is 42.5 Å². The highest BCUT2D eigenvalue weighted by molar-refractivity contribution is 7.95. The largest absolute Gasteiger partial charge is 0.494 e. The topological polar surface area (TPSA) is 75.7 Å². The minimum atomic E-state index is -3.79. The maximum atomic E-state index is 13.4. The number of sulfonamides is 1. The van der Waals surface area contributed by atoms with Crippen molar-refractivity contribution in [3.8, 4) is 5.75 Å². The minimum Gasteiger partial charge on any atom is -0.494 e. The van der Waals surface area contributed by atoms with E-state index in [0.29, 0.717) is 36.7 Å². The normalized spacial score (nSPS) is 24.5. The van der Waals surface area contributed by atoms with Crippen LogP contribution in [-0.4, -0.2) is 32.2 Å². The lowest BCUT2D eigenvalue weighted by Gasteiger charge is -2.26. The first-order chi connectivity index (χ1) is 13.3. The van der Waals surface area contributed by atoms with E-state index < -0.39 is 20.7 Å². The molecule has 1 amide bonds. The van der Waals surface area contributed by atoms with Gasteiger partial charge in [0.1, 0.15) is 5.75 Å². The number of hydrogen-bond acceptors (Lipinski definition) is 4. The number of para-hydroxylation sites is 1. The minimum absolute atomic E-state index is 0.181. The Balaban J connectivity index is 1.60. The molecule has 6 nitrogen and oxygen atoms in total. The highest BCUT2D eigenvalue weighted by Crippen LogP contribution is 2.59. The molecule has 7 heteroatoms. The van der Waals surface area contributed by atoms with Gasteiger partial charge in [-0.05, 0) is 62.6 Å². The van der Waals surface area contributed by atoms with Crippen LogP contribution in [0.1, 0.15) is 24.5 Å². The molecule has 1 N–H and O–H groups in total. The van der Waals surface area contributed by atoms with Crippen molar-refractivity contribution in [2.24, 2.45) is 5.92 Å². The summed E-state index contributed by atoms with van der Waals surface area (Å²) in [5, 5.41) is 2.79. The van der Waals surface area contributed by atoms with Crippen molar-refractivity contribution < 1.29 is 17.9 Å². The zero-order chi connectivity index (χ0) is 20.1. The molecule has 2 atom stereocenters. The maximum absolute atomic E-state index is 13.4. The number of hydrogen-bond donors (Lipinski definition) is 1. The van der Waals surface area contributed by atoms with Crippen LogP contribution in [-0.2, 0) is 14.8 Å². The second kappa shape index (κ2) is 6.51. The summed E-state index contributed by atoms with van der Waals surface area (Å²) in [6.07, 6.45) is 0.375. The van der Waals surface area contributed by atoms with Gasteiger partial charge in [-0.1, -0.05) is 18.2 Å². The molecule has 1 saturated carbocycles. The van der Waals surface area contributed by atoms with Crippen LogP contribution < -0.4 is 14.4 Å². The number of amides is 1. The quantitative estimate of drug-likeness (QED) is 0.836. The average Bonchev–Trinajstić information content (AvgIpc) is 3.34. The highest BCUT2D eigenvalue weighted by atomic mass is 32.2. The number of rotatable bonds is 5. The van der Waals surface area contributed by atoms with Crippen LogP contribution in [0.25, 0.3) is 0 Å². The van der Waals surface area contributed by atoms with E-state index >= 15 is 0 Å². The number of aryl methyl sites for hydroxylation is 2. The fraction of sp³-hybridized carbons (Fsp3) is 0.381. The molecule has 1 aliphatic carbocycles. The third-order valence-corrected chi connectivity index (χ3v) is 8.20. The molecule has 148 valence electrons. The average molecular weight is 401 g/mol. The Morgan fingerprint density at radius 1 is 1.18 bits per heavy atom. The molecule has 0 spiro atoms. The summed E-state index contributed by atoms with van der Waals surface area (Å²) >= 11 is 0. The van der Waals surface area contributed by atoms with Crippen molar-refractivity contribution in [1.29, 1.82) is 0 Å². The number of carbonyl (C=O) groups excluding carboxylic acids is 1. The lowest BCUT2D eigenvalue weighted by Crippen LogP contribution is -2.42. The lowest BCUT2D eigenvalue weighted by molar-refractivity contribution is -0.116. The number of nitrogens with one attached hydrogen (secondary N) is 1. The van der Waals surface area contributed by atoms with Gasteiger partial charge in [0, 0.05) is 18.2 Å². The molecule has 2 aromatic rings. The van der Waals surface area contributed by atoms with Crippen LogP contribution >= 0.6 is 0 Å². The first kappa shape index (κ1) is 18.8. The Bertz CT molecular complexity index is 1010. The number of anilines is 2. The number of benzene rings is 2. The summed E-state index contributed by atoms with van der Waals surface area (Å²) in [5.74, 6) is 0.0762. The van der Waals surface area contributed by atoms with Gasteiger partial charge in [0.15, 0.2) is 4.75 Å². The Morgan fingerprint density at radius 3 is 2.43 bits per heavy atom. The predicted molar refractivity (Wildman–Crippen MR) is 109 cm³/mol. The van der Waals surface area contributed by atoms with Crippen molar-refractivity contribution in [1.82, 2.24) is 0 Å². The first-order valence-electron chi connectivity index (χ1n) is 9.44. The SMILES string of the molecule is CCOc1ccc(NC(=O)[C@]23C[C@H]2CN(c2c(C)cccc2C)S3(=O)=O)cc1. The fourth-order valence-electron chi connectivity index (χ4n) is 4.17. The maximum Gasteiger partial charge on any atom is 0.250 e. The van der Waals surface area contributed by atoms with Crippen molar-refractivity contribution in [2.45, 2.75) is 31.9 Å². The summed E-state index contributed by atoms with van der Waals surface area (Å²) in [4.78, 5) is 13.0. The Hall–Kier alpha value is -2.54. The predicted octanol–water partition coefficient (Wildman–Crippen LogP) is 3.25. The first-order valence-corrected chi connectivity index (χ1v) is 10.9. The van der Waals surface area contributed by atoms with Crippen molar-refractivity contribution in [3.05, 3.63) is 53.6 Å². The number of nitrogens with zero attached hydrogens (tertiary/aromatic N) is 1. The molecule has 2 fully saturated rings. The van der Waals surface area contributed by atoms with Gasteiger partial charge in [-0.25, -0.2) is 8.42 Å². The molecule has 0 radical (unpaired) electrons. The van der Waals surface area contributed by atoms with Crippen molar-refractivity contribution in [3.63, 3.8) is 0 Å². The van der Waals surface area contributed by atoms with Gasteiger partial charge < -0.3 is 10.1 Å². The van der Waals surface area contributed by atoms with E-state index in [0.717, 1.165) is 11.1 Å². The molecule has 1 saturated heterocycles. The summed E-state index contributed by atoms with van der Waals surface area (Å²) in [7, 11) is -3.79. The van der Waals surface area contributed by atoms with Gasteiger partial charge >= 0.3 is 0 Å². The summed E-state index contributed by atoms with van der Waals surface area (Å²) in [6.45, 7) is 6.60. The summed E-state index contributed by atoms with van der Waals surface area (Å²) in [6, 6.07) is 12.7. The second-order valence-electron chi connectivity index (χ2n) is 7.48. The number of fused-ring (bicyclic) bond motifs is 1. The van der Waals surface area contributed by atoms with E-state index in [4.69, 9.17) is 4.74 Å². The third kappa shape index (κ3) is 2.68. The molecule has 1 heterocycles. The van der Waals surface area contributed by atoms with Crippen LogP contribution in [0.3, 0.4) is 0 Å². The van der Waals surface area contributed by atoms with Crippen LogP contribution in [0, 0.1) is 19.8 Å². The van der Waals surface area contributed by atoms with E-state index in [-0.39, 0.29) is 5.92 Å². The Morgan fingerprint density at radius 2 is 1.82 bits per heavy atom. The molecule has 0 unspecified atom stereocenters. The molecular formula is C21H24N2O4S. The van der Waals surface area contributed by atoms with Gasteiger partial charge in [0.2, 0.25) is 15.9 Å². The standard InChI is InChI=1S/C21H24N2O4S/c1-4-27-18-10-8-17(9-11-18)22-20(24)21-12-16(21)13-23(28(21,25)26)19-14(2)6-5-7-15(19)3/h5-11,16H,4,12-13H2,1-3H3,(H,22,24)/t16-,21-/m0/s1. The molecule has 2 aliphatic rings. The zero-order valence-electron chi connectivity index (χ0n) is 16.2. The van der Waals surface area contributed by atoms with E-state index in [1.165, 1.54) is 4.31 Å². The second-order valence-corrected chi connectivity index (χ2v) is 9.60. The molecule has 4 rings (SSSR count). The van der Waals surface area contributed by atoms with Gasteiger partial charge in [0.25, 0.3) is 0 Å². The molecule has 28 heavy (non-hydrogen) atoms. The molecule has 0 aromatic heterocycles. The zero-order valence-corrected chi connectivity index (χ0v) is 17.0. The van der Waals surface area contributed by atoms with Gasteiger partial charge in [-0.15, -0.1) is 0 Å². The van der Waals surface area contributed by atoms with E-state index in [2.05, 4.69) is 5.32 Å². The number of carbonyl (C=O) groups is 1. The van der Waals surface area contributed by atoms with Crippen molar-refractivity contribution in [2.75, 3.05) is 22.8 Å². The fourth-order valence-corrected chi connectivity index (χ4v) is 6.66. The molecule has 0 bridgehead atoms. The van der Waals surface area contributed by atoms with Crippen LogP contribution in [0.5, 0.6) is 5.75 Å². The van der Waals surface area contributed by atoms with Gasteiger partial charge in [0.05, 0.1) is 12.3 Å². The summed E-state index contributed by atoms with van der Waals surface area (Å²) < 4.78 is 32.2. The van der Waals surface area contributed by atoms with Gasteiger partial charge in [-0.2, -0.15) is 0 Å². The van der Waals surface area contributed by atoms with E-state index in [1.54, 1.807) is 24.3 Å². The van der Waals surface area contributed by atoms with E-state index in [9.17, 15) is 13.2 Å². The Kier molecular flexibility index (Phi) is 4.38. The Labute approximate surface area is 165 Å². The lowest BCUT2D eigenvalue weighted by atomic mass is 10.1. The summed E-state index contributed by atoms with van der Waals surface area (Å²) in [5.41, 5.74) is 3.05. The van der Waals surface area contributed by atoms with Gasteiger partial charge in [-0.3, -0.25) is 9.10 Å². The third-order valence-electron chi connectivity index (χ3n) is 5.68. The smallest absolute Gasteiger partial charge is 0.250 e.